The summed E-state index contributed by atoms with van der Waals surface area (Å²) in [7, 11) is 0. The number of nitrogens with one attached hydrogen (secondary N) is 2. The molecule has 94 valence electrons. The number of urea groups is 1. The predicted octanol–water partition coefficient (Wildman–Crippen LogP) is 2.17. The van der Waals surface area contributed by atoms with Gasteiger partial charge in [-0.2, -0.15) is 0 Å². The minimum absolute atomic E-state index is 0.319. The molecule has 1 aromatic rings. The first-order valence-corrected chi connectivity index (χ1v) is 5.86. The number of hydrogen-bond donors (Lipinski definition) is 3. The number of aliphatic hydroxyl groups excluding tert-OH is 1. The Labute approximate surface area is 114 Å². The minimum atomic E-state index is -1.95. The molecule has 0 aromatic heterocycles. The molecular weight excluding hydrogens is 286 g/mol. The van der Waals surface area contributed by atoms with E-state index in [1.54, 1.807) is 0 Å². The smallest absolute Gasteiger partial charge is 0.317 e. The number of carbonyl (C=O) groups is 1. The Balaban J connectivity index is 2.36. The van der Waals surface area contributed by atoms with E-state index < -0.39 is 16.1 Å². The van der Waals surface area contributed by atoms with Gasteiger partial charge in [-0.1, -0.05) is 65.1 Å². The maximum absolute atomic E-state index is 11.3. The highest BCUT2D eigenvalue weighted by molar-refractivity contribution is 6.68. The van der Waals surface area contributed by atoms with E-state index in [9.17, 15) is 9.90 Å². The van der Waals surface area contributed by atoms with E-state index in [4.69, 9.17) is 34.8 Å². The second-order valence-electron chi connectivity index (χ2n) is 3.26. The Bertz CT molecular complexity index is 368. The average molecular weight is 298 g/mol. The van der Waals surface area contributed by atoms with Crippen LogP contribution in [0.4, 0.5) is 4.79 Å². The van der Waals surface area contributed by atoms with Crippen molar-refractivity contribution < 1.29 is 9.90 Å². The van der Waals surface area contributed by atoms with Crippen molar-refractivity contribution >= 4 is 40.8 Å². The molecule has 17 heavy (non-hydrogen) atoms. The Morgan fingerprint density at radius 3 is 2.41 bits per heavy atom. The van der Waals surface area contributed by atoms with Crippen LogP contribution in [0.1, 0.15) is 5.56 Å². The number of alkyl halides is 3. The molecule has 0 saturated carbocycles. The summed E-state index contributed by atoms with van der Waals surface area (Å²) >= 11 is 16.1. The lowest BCUT2D eigenvalue weighted by molar-refractivity contribution is 0.144. The van der Waals surface area contributed by atoms with Crippen molar-refractivity contribution in [1.29, 1.82) is 0 Å². The molecule has 3 N–H and O–H groups in total. The Hall–Kier alpha value is -0.680. The van der Waals surface area contributed by atoms with E-state index in [1.165, 1.54) is 0 Å². The monoisotopic (exact) mass is 296 g/mol. The zero-order valence-electron chi connectivity index (χ0n) is 8.66. The van der Waals surface area contributed by atoms with Crippen molar-refractivity contribution in [3.8, 4) is 0 Å². The summed E-state index contributed by atoms with van der Waals surface area (Å²) in [5.74, 6) is 0. The molecule has 1 aromatic carbocycles. The summed E-state index contributed by atoms with van der Waals surface area (Å²) in [5.41, 5.74) is 0.922. The summed E-state index contributed by atoms with van der Waals surface area (Å²) in [4.78, 5) is 11.3. The molecule has 0 fully saturated rings. The lowest BCUT2D eigenvalue weighted by atomic mass is 10.2. The molecule has 7 heteroatoms. The Morgan fingerprint density at radius 1 is 1.29 bits per heavy atom. The summed E-state index contributed by atoms with van der Waals surface area (Å²) in [6.45, 7) is 0.319. The molecule has 4 nitrogen and oxygen atoms in total. The fourth-order valence-corrected chi connectivity index (χ4v) is 1.20. The van der Waals surface area contributed by atoms with Gasteiger partial charge in [0.1, 0.15) is 0 Å². The van der Waals surface area contributed by atoms with Crippen LogP contribution in [0.2, 0.25) is 0 Å². The van der Waals surface area contributed by atoms with Gasteiger partial charge in [0.2, 0.25) is 3.79 Å². The molecule has 1 atom stereocenters. The van der Waals surface area contributed by atoms with Crippen LogP contribution in [0.25, 0.3) is 0 Å². The third-order valence-corrected chi connectivity index (χ3v) is 2.49. The third kappa shape index (κ3) is 5.46. The van der Waals surface area contributed by atoms with E-state index in [2.05, 4.69) is 10.6 Å². The van der Waals surface area contributed by atoms with Crippen LogP contribution in [0.3, 0.4) is 0 Å². The van der Waals surface area contributed by atoms with Crippen LogP contribution in [-0.4, -0.2) is 21.2 Å². The van der Waals surface area contributed by atoms with E-state index in [0.717, 1.165) is 5.56 Å². The fraction of sp³-hybridized carbons (Fsp3) is 0.300. The summed E-state index contributed by atoms with van der Waals surface area (Å²) in [6, 6.07) is 8.66. The largest absolute Gasteiger partial charge is 0.369 e. The highest BCUT2D eigenvalue weighted by Gasteiger charge is 2.31. The summed E-state index contributed by atoms with van der Waals surface area (Å²) < 4.78 is -1.95. The van der Waals surface area contributed by atoms with Gasteiger partial charge < -0.3 is 15.7 Å². The quantitative estimate of drug-likeness (QED) is 0.591. The molecule has 0 saturated heterocycles. The topological polar surface area (TPSA) is 61.4 Å². The van der Waals surface area contributed by atoms with Gasteiger partial charge in [0.25, 0.3) is 0 Å². The van der Waals surface area contributed by atoms with Crippen molar-refractivity contribution in [2.45, 2.75) is 16.6 Å². The maximum atomic E-state index is 11.3. The van der Waals surface area contributed by atoms with Gasteiger partial charge in [0, 0.05) is 6.54 Å². The zero-order chi connectivity index (χ0) is 12.9. The van der Waals surface area contributed by atoms with Gasteiger partial charge in [-0.15, -0.1) is 0 Å². The minimum Gasteiger partial charge on any atom is -0.369 e. The molecule has 2 amide bonds. The van der Waals surface area contributed by atoms with Crippen LogP contribution in [0.5, 0.6) is 0 Å². The number of rotatable bonds is 3. The van der Waals surface area contributed by atoms with Gasteiger partial charge in [-0.3, -0.25) is 0 Å². The Kier molecular flexibility index (Phi) is 5.33. The molecule has 0 bridgehead atoms. The number of carbonyl (C=O) groups excluding carboxylic acids is 1. The molecule has 0 radical (unpaired) electrons. The van der Waals surface area contributed by atoms with Gasteiger partial charge in [0.15, 0.2) is 6.23 Å². The van der Waals surface area contributed by atoms with Crippen molar-refractivity contribution in [1.82, 2.24) is 10.6 Å². The van der Waals surface area contributed by atoms with Gasteiger partial charge in [0.05, 0.1) is 0 Å². The highest BCUT2D eigenvalue weighted by Crippen LogP contribution is 2.28. The van der Waals surface area contributed by atoms with Crippen LogP contribution < -0.4 is 10.6 Å². The zero-order valence-corrected chi connectivity index (χ0v) is 10.9. The lowest BCUT2D eigenvalue weighted by Crippen LogP contribution is -2.47. The highest BCUT2D eigenvalue weighted by atomic mass is 35.6. The van der Waals surface area contributed by atoms with Gasteiger partial charge in [-0.25, -0.2) is 4.79 Å². The van der Waals surface area contributed by atoms with Gasteiger partial charge in [-0.05, 0) is 5.56 Å². The predicted molar refractivity (Wildman–Crippen MR) is 68.1 cm³/mol. The SMILES string of the molecule is O=C(NCc1ccccc1)N[C@H](O)C(Cl)(Cl)Cl. The van der Waals surface area contributed by atoms with Crippen LogP contribution >= 0.6 is 34.8 Å². The molecular formula is C10H11Cl3N2O2. The number of halogens is 3. The number of aliphatic hydroxyl groups is 1. The standard InChI is InChI=1S/C10H11Cl3N2O2/c11-10(12,13)8(16)15-9(17)14-6-7-4-2-1-3-5-7/h1-5,8,16H,6H2,(H2,14,15,17)/t8-/m1/s1. The van der Waals surface area contributed by atoms with Crippen molar-refractivity contribution in [2.75, 3.05) is 0 Å². The molecule has 0 aliphatic carbocycles. The first-order chi connectivity index (χ1) is 7.89. The Morgan fingerprint density at radius 2 is 1.88 bits per heavy atom. The normalized spacial score (nSPS) is 12.9. The number of amides is 2. The van der Waals surface area contributed by atoms with Crippen molar-refractivity contribution in [3.05, 3.63) is 35.9 Å². The first kappa shape index (κ1) is 14.4. The number of hydrogen-bond acceptors (Lipinski definition) is 2. The molecule has 0 aliphatic heterocycles. The lowest BCUT2D eigenvalue weighted by Gasteiger charge is -2.20. The fourth-order valence-electron chi connectivity index (χ4n) is 1.04. The molecule has 0 aliphatic rings. The van der Waals surface area contributed by atoms with Crippen LogP contribution in [0, 0.1) is 0 Å². The van der Waals surface area contributed by atoms with E-state index in [1.807, 2.05) is 30.3 Å². The van der Waals surface area contributed by atoms with Crippen molar-refractivity contribution in [3.63, 3.8) is 0 Å². The van der Waals surface area contributed by atoms with Gasteiger partial charge >= 0.3 is 6.03 Å². The molecule has 1 rings (SSSR count). The second-order valence-corrected chi connectivity index (χ2v) is 5.63. The van der Waals surface area contributed by atoms with E-state index in [-0.39, 0.29) is 0 Å². The summed E-state index contributed by atoms with van der Waals surface area (Å²) in [6.07, 6.45) is -1.57. The molecule has 0 heterocycles. The summed E-state index contributed by atoms with van der Waals surface area (Å²) in [5, 5.41) is 13.9. The third-order valence-electron chi connectivity index (χ3n) is 1.87. The molecule has 0 spiro atoms. The maximum Gasteiger partial charge on any atom is 0.317 e. The number of benzene rings is 1. The molecule has 0 unspecified atom stereocenters. The average Bonchev–Trinajstić information content (AvgIpc) is 2.26. The van der Waals surface area contributed by atoms with Crippen molar-refractivity contribution in [2.24, 2.45) is 0 Å². The van der Waals surface area contributed by atoms with Crippen LogP contribution in [-0.2, 0) is 6.54 Å². The second kappa shape index (κ2) is 6.31. The first-order valence-electron chi connectivity index (χ1n) is 4.72. The van der Waals surface area contributed by atoms with E-state index >= 15 is 0 Å². The van der Waals surface area contributed by atoms with Crippen LogP contribution in [0.15, 0.2) is 30.3 Å². The van der Waals surface area contributed by atoms with E-state index in [0.29, 0.717) is 6.54 Å².